The van der Waals surface area contributed by atoms with Crippen LogP contribution in [0.3, 0.4) is 0 Å². The monoisotopic (exact) mass is 468 g/mol. The molecule has 1 N–H and O–H groups in total. The number of benzene rings is 1. The van der Waals surface area contributed by atoms with Crippen molar-refractivity contribution in [3.05, 3.63) is 53.7 Å². The molecule has 2 aliphatic rings. The number of ether oxygens (including phenoxy) is 1. The number of carbonyl (C=O) groups is 1. The lowest BCUT2D eigenvalue weighted by atomic mass is 9.92. The van der Waals surface area contributed by atoms with Gasteiger partial charge in [0.15, 0.2) is 0 Å². The molecule has 0 unspecified atom stereocenters. The second-order valence-corrected chi connectivity index (χ2v) is 10.5. The van der Waals surface area contributed by atoms with Gasteiger partial charge in [0, 0.05) is 37.0 Å². The van der Waals surface area contributed by atoms with E-state index >= 15 is 0 Å². The molecule has 0 spiro atoms. The third kappa shape index (κ3) is 5.70. The number of aromatic nitrogens is 1. The van der Waals surface area contributed by atoms with Gasteiger partial charge in [-0.25, -0.2) is 13.4 Å². The Hall–Kier alpha value is -2.96. The molecule has 33 heavy (non-hydrogen) atoms. The first-order chi connectivity index (χ1) is 16.0. The molecule has 2 heterocycles. The molecule has 2 aromatic rings. The molecule has 1 aliphatic carbocycles. The molecule has 174 valence electrons. The molecule has 0 bridgehead atoms. The Kier molecular flexibility index (Phi) is 7.26. The number of nitriles is 1. The van der Waals surface area contributed by atoms with Crippen LogP contribution >= 0.6 is 0 Å². The minimum absolute atomic E-state index is 0.0258. The highest BCUT2D eigenvalue weighted by atomic mass is 32.2. The number of pyridine rings is 1. The van der Waals surface area contributed by atoms with Crippen LogP contribution in [-0.4, -0.2) is 48.8 Å². The maximum absolute atomic E-state index is 12.8. The van der Waals surface area contributed by atoms with E-state index in [1.165, 1.54) is 22.6 Å². The minimum Gasteiger partial charge on any atom is -0.474 e. The van der Waals surface area contributed by atoms with Crippen molar-refractivity contribution in [1.29, 1.82) is 5.26 Å². The first kappa shape index (κ1) is 23.2. The fraction of sp³-hybridized carbons (Fsp3) is 0.458. The van der Waals surface area contributed by atoms with E-state index in [9.17, 15) is 13.2 Å². The molecule has 1 aromatic carbocycles. The van der Waals surface area contributed by atoms with Gasteiger partial charge < -0.3 is 10.1 Å². The third-order valence-electron chi connectivity index (χ3n) is 6.23. The van der Waals surface area contributed by atoms with E-state index in [2.05, 4.69) is 10.3 Å². The molecule has 1 amide bonds. The van der Waals surface area contributed by atoms with Gasteiger partial charge in [-0.05, 0) is 68.9 Å². The van der Waals surface area contributed by atoms with Crippen LogP contribution in [0.1, 0.15) is 60.9 Å². The summed E-state index contributed by atoms with van der Waals surface area (Å²) in [5, 5.41) is 11.9. The highest BCUT2D eigenvalue weighted by Crippen LogP contribution is 2.24. The van der Waals surface area contributed by atoms with Crippen LogP contribution in [0.4, 0.5) is 0 Å². The zero-order valence-electron chi connectivity index (χ0n) is 18.4. The zero-order chi connectivity index (χ0) is 23.3. The summed E-state index contributed by atoms with van der Waals surface area (Å²) in [4.78, 5) is 17.0. The SMILES string of the molecule is N#Cc1ccc(OC2CCC(NC(=O)c3ccc(S(=O)(=O)N4CCCCC4)cc3)CC2)nc1. The molecule has 1 aliphatic heterocycles. The van der Waals surface area contributed by atoms with Gasteiger partial charge in [-0.2, -0.15) is 9.57 Å². The number of hydrogen-bond donors (Lipinski definition) is 1. The molecule has 9 heteroatoms. The quantitative estimate of drug-likeness (QED) is 0.696. The van der Waals surface area contributed by atoms with E-state index in [1.54, 1.807) is 24.3 Å². The molecule has 1 aromatic heterocycles. The van der Waals surface area contributed by atoms with Gasteiger partial charge in [0.05, 0.1) is 10.5 Å². The topological polar surface area (TPSA) is 112 Å². The lowest BCUT2D eigenvalue weighted by Crippen LogP contribution is -2.39. The van der Waals surface area contributed by atoms with E-state index in [0.29, 0.717) is 30.1 Å². The van der Waals surface area contributed by atoms with E-state index < -0.39 is 10.0 Å². The van der Waals surface area contributed by atoms with Crippen LogP contribution in [0.2, 0.25) is 0 Å². The smallest absolute Gasteiger partial charge is 0.251 e. The van der Waals surface area contributed by atoms with E-state index in [0.717, 1.165) is 44.9 Å². The van der Waals surface area contributed by atoms with Gasteiger partial charge in [-0.3, -0.25) is 4.79 Å². The Morgan fingerprint density at radius 2 is 1.73 bits per heavy atom. The van der Waals surface area contributed by atoms with E-state index in [4.69, 9.17) is 10.00 Å². The summed E-state index contributed by atoms with van der Waals surface area (Å²) in [6, 6.07) is 11.7. The van der Waals surface area contributed by atoms with Crippen LogP contribution in [0.15, 0.2) is 47.5 Å². The molecule has 8 nitrogen and oxygen atoms in total. The van der Waals surface area contributed by atoms with Crippen molar-refractivity contribution in [2.45, 2.75) is 62.0 Å². The molecular weight excluding hydrogens is 440 g/mol. The van der Waals surface area contributed by atoms with Gasteiger partial charge in [-0.1, -0.05) is 6.42 Å². The number of rotatable bonds is 6. The van der Waals surface area contributed by atoms with Crippen molar-refractivity contribution in [2.75, 3.05) is 13.1 Å². The Bertz CT molecular complexity index is 1100. The summed E-state index contributed by atoms with van der Waals surface area (Å²) >= 11 is 0. The van der Waals surface area contributed by atoms with Crippen molar-refractivity contribution in [3.8, 4) is 11.9 Å². The van der Waals surface area contributed by atoms with Crippen LogP contribution in [0.25, 0.3) is 0 Å². The number of sulfonamides is 1. The predicted molar refractivity (Wildman–Crippen MR) is 122 cm³/mol. The maximum atomic E-state index is 12.8. The highest BCUT2D eigenvalue weighted by Gasteiger charge is 2.27. The normalized spacial score (nSPS) is 21.7. The third-order valence-corrected chi connectivity index (χ3v) is 8.14. The average molecular weight is 469 g/mol. The van der Waals surface area contributed by atoms with Crippen molar-refractivity contribution in [3.63, 3.8) is 0 Å². The van der Waals surface area contributed by atoms with Gasteiger partial charge in [0.1, 0.15) is 12.2 Å². The van der Waals surface area contributed by atoms with E-state index in [1.807, 2.05) is 6.07 Å². The van der Waals surface area contributed by atoms with Gasteiger partial charge in [0.2, 0.25) is 15.9 Å². The van der Waals surface area contributed by atoms with Crippen LogP contribution in [0.5, 0.6) is 5.88 Å². The van der Waals surface area contributed by atoms with Gasteiger partial charge >= 0.3 is 0 Å². The summed E-state index contributed by atoms with van der Waals surface area (Å²) in [6.07, 6.45) is 7.50. The Morgan fingerprint density at radius 1 is 1.03 bits per heavy atom. The van der Waals surface area contributed by atoms with Crippen molar-refractivity contribution in [2.24, 2.45) is 0 Å². The summed E-state index contributed by atoms with van der Waals surface area (Å²) in [5.41, 5.74) is 0.943. The summed E-state index contributed by atoms with van der Waals surface area (Å²) < 4.78 is 33.0. The first-order valence-corrected chi connectivity index (χ1v) is 12.8. The number of carbonyl (C=O) groups excluding carboxylic acids is 1. The molecular formula is C24H28N4O4S. The summed E-state index contributed by atoms with van der Waals surface area (Å²) in [5.74, 6) is 0.302. The van der Waals surface area contributed by atoms with Crippen LogP contribution in [-0.2, 0) is 10.0 Å². The molecule has 4 rings (SSSR count). The number of hydrogen-bond acceptors (Lipinski definition) is 6. The Labute approximate surface area is 194 Å². The van der Waals surface area contributed by atoms with Crippen molar-refractivity contribution in [1.82, 2.24) is 14.6 Å². The molecule has 1 saturated heterocycles. The fourth-order valence-corrected chi connectivity index (χ4v) is 5.83. The van der Waals surface area contributed by atoms with Crippen molar-refractivity contribution >= 4 is 15.9 Å². The number of piperidine rings is 1. The first-order valence-electron chi connectivity index (χ1n) is 11.4. The van der Waals surface area contributed by atoms with Gasteiger partial charge in [0.25, 0.3) is 5.91 Å². The average Bonchev–Trinajstić information content (AvgIpc) is 2.86. The maximum Gasteiger partial charge on any atom is 0.251 e. The van der Waals surface area contributed by atoms with Gasteiger partial charge in [-0.15, -0.1) is 0 Å². The predicted octanol–water partition coefficient (Wildman–Crippen LogP) is 3.25. The number of nitrogens with one attached hydrogen (secondary N) is 1. The van der Waals surface area contributed by atoms with Crippen molar-refractivity contribution < 1.29 is 17.9 Å². The van der Waals surface area contributed by atoms with E-state index in [-0.39, 0.29) is 22.9 Å². The zero-order valence-corrected chi connectivity index (χ0v) is 19.3. The van der Waals surface area contributed by atoms with Crippen LogP contribution < -0.4 is 10.1 Å². The Balaban J connectivity index is 1.27. The standard InChI is InChI=1S/C24H28N4O4S/c25-16-18-4-13-23(26-17-18)32-21-9-7-20(8-10-21)27-24(29)19-5-11-22(12-6-19)33(30,31)28-14-2-1-3-15-28/h4-6,11-13,17,20-21H,1-3,7-10,14-15H2,(H,27,29). The second kappa shape index (κ2) is 10.3. The highest BCUT2D eigenvalue weighted by molar-refractivity contribution is 7.89. The molecule has 1 saturated carbocycles. The fourth-order valence-electron chi connectivity index (χ4n) is 4.31. The number of amides is 1. The second-order valence-electron chi connectivity index (χ2n) is 8.55. The lowest BCUT2D eigenvalue weighted by Gasteiger charge is -2.29. The molecule has 2 fully saturated rings. The minimum atomic E-state index is -3.50. The van der Waals surface area contributed by atoms with Crippen LogP contribution in [0, 0.1) is 11.3 Å². The lowest BCUT2D eigenvalue weighted by molar-refractivity contribution is 0.0890. The molecule has 0 radical (unpaired) electrons. The number of nitrogens with zero attached hydrogens (tertiary/aromatic N) is 3. The molecule has 0 atom stereocenters. The largest absolute Gasteiger partial charge is 0.474 e. The summed E-state index contributed by atoms with van der Waals surface area (Å²) in [7, 11) is -3.50. The summed E-state index contributed by atoms with van der Waals surface area (Å²) in [6.45, 7) is 1.11. The Morgan fingerprint density at radius 3 is 2.33 bits per heavy atom.